The minimum absolute atomic E-state index is 0.600. The van der Waals surface area contributed by atoms with Crippen LogP contribution in [-0.2, 0) is 11.3 Å². The molecule has 6 nitrogen and oxygen atoms in total. The molecule has 0 radical (unpaired) electrons. The van der Waals surface area contributed by atoms with Crippen molar-refractivity contribution in [1.29, 1.82) is 0 Å². The Morgan fingerprint density at radius 1 is 1.30 bits per heavy atom. The molecule has 0 aliphatic carbocycles. The Balaban J connectivity index is 1.84. The van der Waals surface area contributed by atoms with Gasteiger partial charge in [0.25, 0.3) is 0 Å². The molecular formula is C21H36N4O2. The van der Waals surface area contributed by atoms with E-state index in [1.165, 1.54) is 5.56 Å². The van der Waals surface area contributed by atoms with Gasteiger partial charge in [0.2, 0.25) is 0 Å². The molecule has 1 aromatic rings. The molecule has 27 heavy (non-hydrogen) atoms. The summed E-state index contributed by atoms with van der Waals surface area (Å²) in [5, 5.41) is 3.42. The van der Waals surface area contributed by atoms with Gasteiger partial charge in [0.05, 0.1) is 19.8 Å². The predicted molar refractivity (Wildman–Crippen MR) is 111 cm³/mol. The summed E-state index contributed by atoms with van der Waals surface area (Å²) in [5.41, 5.74) is 1.19. The van der Waals surface area contributed by atoms with E-state index in [4.69, 9.17) is 14.5 Å². The van der Waals surface area contributed by atoms with E-state index < -0.39 is 0 Å². The van der Waals surface area contributed by atoms with Crippen LogP contribution >= 0.6 is 0 Å². The number of likely N-dealkylation sites (tertiary alicyclic amines) is 1. The molecule has 1 aliphatic rings. The molecule has 1 aliphatic heterocycles. The Hall–Kier alpha value is -1.79. The lowest BCUT2D eigenvalue weighted by molar-refractivity contribution is 0.157. The normalized spacial score (nSPS) is 17.6. The molecule has 0 aromatic heterocycles. The smallest absolute Gasteiger partial charge is 0.194 e. The van der Waals surface area contributed by atoms with Crippen molar-refractivity contribution >= 4 is 5.96 Å². The SMILES string of the molecule is CCNC(=NCc1ccc(OCCCN(C)C)cc1)N1CCC(COC)C1. The number of benzene rings is 1. The van der Waals surface area contributed by atoms with Crippen molar-refractivity contribution in [2.45, 2.75) is 26.3 Å². The first-order valence-corrected chi connectivity index (χ1v) is 10.0. The third-order valence-corrected chi connectivity index (χ3v) is 4.68. The number of aliphatic imine (C=N–C) groups is 1. The minimum atomic E-state index is 0.600. The largest absolute Gasteiger partial charge is 0.494 e. The highest BCUT2D eigenvalue weighted by Gasteiger charge is 2.24. The number of guanidine groups is 1. The lowest BCUT2D eigenvalue weighted by Crippen LogP contribution is -2.40. The molecule has 1 atom stereocenters. The van der Waals surface area contributed by atoms with Gasteiger partial charge in [-0.15, -0.1) is 0 Å². The third-order valence-electron chi connectivity index (χ3n) is 4.68. The van der Waals surface area contributed by atoms with E-state index in [0.717, 1.165) is 63.9 Å². The van der Waals surface area contributed by atoms with Gasteiger partial charge in [0.15, 0.2) is 5.96 Å². The number of nitrogens with one attached hydrogen (secondary N) is 1. The first-order valence-electron chi connectivity index (χ1n) is 10.0. The van der Waals surface area contributed by atoms with Gasteiger partial charge in [0.1, 0.15) is 5.75 Å². The zero-order valence-corrected chi connectivity index (χ0v) is 17.4. The fourth-order valence-corrected chi connectivity index (χ4v) is 3.25. The van der Waals surface area contributed by atoms with E-state index in [1.807, 2.05) is 12.1 Å². The van der Waals surface area contributed by atoms with Crippen LogP contribution in [0.4, 0.5) is 0 Å². The first-order chi connectivity index (χ1) is 13.1. The summed E-state index contributed by atoms with van der Waals surface area (Å²) in [7, 11) is 5.94. The van der Waals surface area contributed by atoms with E-state index in [1.54, 1.807) is 7.11 Å². The highest BCUT2D eigenvalue weighted by atomic mass is 16.5. The van der Waals surface area contributed by atoms with Crippen LogP contribution in [0.2, 0.25) is 0 Å². The number of rotatable bonds is 10. The Kier molecular flexibility index (Phi) is 9.42. The van der Waals surface area contributed by atoms with Crippen molar-refractivity contribution in [2.24, 2.45) is 10.9 Å². The van der Waals surface area contributed by atoms with Crippen LogP contribution < -0.4 is 10.1 Å². The van der Waals surface area contributed by atoms with Gasteiger partial charge in [-0.3, -0.25) is 0 Å². The third kappa shape index (κ3) is 7.77. The summed E-state index contributed by atoms with van der Waals surface area (Å²) < 4.78 is 11.1. The molecule has 6 heteroatoms. The van der Waals surface area contributed by atoms with E-state index in [-0.39, 0.29) is 0 Å². The second-order valence-corrected chi connectivity index (χ2v) is 7.38. The topological polar surface area (TPSA) is 49.3 Å². The monoisotopic (exact) mass is 376 g/mol. The Labute approximate surface area is 164 Å². The summed E-state index contributed by atoms with van der Waals surface area (Å²) in [6, 6.07) is 8.29. The average molecular weight is 377 g/mol. The number of ether oxygens (including phenoxy) is 2. The number of methoxy groups -OCH3 is 1. The van der Waals surface area contributed by atoms with Gasteiger partial charge in [-0.2, -0.15) is 0 Å². The zero-order valence-electron chi connectivity index (χ0n) is 17.4. The van der Waals surface area contributed by atoms with E-state index in [0.29, 0.717) is 12.5 Å². The molecule has 1 fully saturated rings. The van der Waals surface area contributed by atoms with Crippen LogP contribution in [0.1, 0.15) is 25.3 Å². The summed E-state index contributed by atoms with van der Waals surface area (Å²) in [6.07, 6.45) is 2.20. The van der Waals surface area contributed by atoms with Gasteiger partial charge >= 0.3 is 0 Å². The zero-order chi connectivity index (χ0) is 19.5. The summed E-state index contributed by atoms with van der Waals surface area (Å²) >= 11 is 0. The standard InChI is InChI=1S/C21H36N4O2/c1-5-22-21(25-13-11-19(16-25)17-26-4)23-15-18-7-9-20(10-8-18)27-14-6-12-24(2)3/h7-10,19H,5-6,11-17H2,1-4H3,(H,22,23). The quantitative estimate of drug-likeness (QED) is 0.386. The van der Waals surface area contributed by atoms with Crippen molar-refractivity contribution in [1.82, 2.24) is 15.1 Å². The second-order valence-electron chi connectivity index (χ2n) is 7.38. The number of nitrogens with zero attached hydrogens (tertiary/aromatic N) is 3. The minimum Gasteiger partial charge on any atom is -0.494 e. The van der Waals surface area contributed by atoms with Crippen LogP contribution in [0.25, 0.3) is 0 Å². The molecule has 1 N–H and O–H groups in total. The molecule has 0 amide bonds. The number of hydrogen-bond donors (Lipinski definition) is 1. The fourth-order valence-electron chi connectivity index (χ4n) is 3.25. The van der Waals surface area contributed by atoms with E-state index in [9.17, 15) is 0 Å². The van der Waals surface area contributed by atoms with Gasteiger partial charge in [-0.1, -0.05) is 12.1 Å². The van der Waals surface area contributed by atoms with Crippen molar-refractivity contribution in [2.75, 3.05) is 60.6 Å². The number of hydrogen-bond acceptors (Lipinski definition) is 4. The fraction of sp³-hybridized carbons (Fsp3) is 0.667. The maximum atomic E-state index is 5.80. The van der Waals surface area contributed by atoms with Gasteiger partial charge in [-0.25, -0.2) is 4.99 Å². The second kappa shape index (κ2) is 11.8. The summed E-state index contributed by atoms with van der Waals surface area (Å²) in [4.78, 5) is 9.34. The van der Waals surface area contributed by atoms with Crippen LogP contribution in [0.15, 0.2) is 29.3 Å². The maximum Gasteiger partial charge on any atom is 0.194 e. The van der Waals surface area contributed by atoms with Crippen molar-refractivity contribution in [3.05, 3.63) is 29.8 Å². The lowest BCUT2D eigenvalue weighted by atomic mass is 10.1. The van der Waals surface area contributed by atoms with Gasteiger partial charge in [0, 0.05) is 39.2 Å². The van der Waals surface area contributed by atoms with Gasteiger partial charge < -0.3 is 24.6 Å². The molecule has 0 bridgehead atoms. The van der Waals surface area contributed by atoms with E-state index in [2.05, 4.69) is 48.3 Å². The predicted octanol–water partition coefficient (Wildman–Crippen LogP) is 2.45. The molecule has 2 rings (SSSR count). The molecular weight excluding hydrogens is 340 g/mol. The highest BCUT2D eigenvalue weighted by molar-refractivity contribution is 5.80. The average Bonchev–Trinajstić information content (AvgIpc) is 3.12. The highest BCUT2D eigenvalue weighted by Crippen LogP contribution is 2.17. The molecule has 1 saturated heterocycles. The molecule has 1 heterocycles. The Morgan fingerprint density at radius 3 is 2.74 bits per heavy atom. The van der Waals surface area contributed by atoms with E-state index >= 15 is 0 Å². The Morgan fingerprint density at radius 2 is 2.07 bits per heavy atom. The molecule has 152 valence electrons. The maximum absolute atomic E-state index is 5.80. The van der Waals surface area contributed by atoms with Crippen molar-refractivity contribution in [3.8, 4) is 5.75 Å². The molecule has 1 aromatic carbocycles. The van der Waals surface area contributed by atoms with Crippen molar-refractivity contribution in [3.63, 3.8) is 0 Å². The molecule has 0 spiro atoms. The van der Waals surface area contributed by atoms with Crippen LogP contribution in [0.3, 0.4) is 0 Å². The van der Waals surface area contributed by atoms with Crippen LogP contribution in [-0.4, -0.2) is 76.4 Å². The molecule has 0 saturated carbocycles. The lowest BCUT2D eigenvalue weighted by Gasteiger charge is -2.21. The molecule has 1 unspecified atom stereocenters. The first kappa shape index (κ1) is 21.5. The Bertz CT molecular complexity index is 560. The van der Waals surface area contributed by atoms with Crippen LogP contribution in [0.5, 0.6) is 5.75 Å². The van der Waals surface area contributed by atoms with Crippen LogP contribution in [0, 0.1) is 5.92 Å². The van der Waals surface area contributed by atoms with Crippen molar-refractivity contribution < 1.29 is 9.47 Å². The summed E-state index contributed by atoms with van der Waals surface area (Å²) in [5.74, 6) is 2.53. The summed E-state index contributed by atoms with van der Waals surface area (Å²) in [6.45, 7) is 8.34. The van der Waals surface area contributed by atoms with Gasteiger partial charge in [-0.05, 0) is 51.6 Å².